The van der Waals surface area contributed by atoms with Gasteiger partial charge in [0.2, 0.25) is 5.91 Å². The van der Waals surface area contributed by atoms with Crippen molar-refractivity contribution in [3.63, 3.8) is 0 Å². The molecule has 26 heavy (non-hydrogen) atoms. The molecule has 2 aromatic carbocycles. The Labute approximate surface area is 176 Å². The van der Waals surface area contributed by atoms with E-state index < -0.39 is 0 Å². The molecule has 0 bridgehead atoms. The van der Waals surface area contributed by atoms with E-state index in [0.717, 1.165) is 29.1 Å². The molecule has 2 heterocycles. The fourth-order valence-corrected chi connectivity index (χ4v) is 3.20. The van der Waals surface area contributed by atoms with E-state index in [9.17, 15) is 4.79 Å². The summed E-state index contributed by atoms with van der Waals surface area (Å²) in [7, 11) is 0. The van der Waals surface area contributed by atoms with Crippen molar-refractivity contribution < 1.29 is 30.6 Å². The van der Waals surface area contributed by atoms with Crippen LogP contribution in [0.3, 0.4) is 0 Å². The van der Waals surface area contributed by atoms with Crippen LogP contribution in [0.15, 0.2) is 36.4 Å². The largest absolute Gasteiger partial charge is 0.620 e. The Morgan fingerprint density at radius 3 is 2.65 bits per heavy atom. The number of nitrogens with one attached hydrogen (secondary N) is 1. The first-order chi connectivity index (χ1) is 12.1. The minimum Gasteiger partial charge on any atom is -0.620 e. The van der Waals surface area contributed by atoms with Gasteiger partial charge in [0.25, 0.3) is 0 Å². The summed E-state index contributed by atoms with van der Waals surface area (Å²) >= 11 is 11.9. The maximum Gasteiger partial charge on any atom is 0.224 e. The van der Waals surface area contributed by atoms with Gasteiger partial charge in [0.15, 0.2) is 0 Å². The predicted molar refractivity (Wildman–Crippen MR) is 98.9 cm³/mol. The summed E-state index contributed by atoms with van der Waals surface area (Å²) in [6, 6.07) is 11.1. The van der Waals surface area contributed by atoms with Gasteiger partial charge < -0.3 is 20.5 Å². The van der Waals surface area contributed by atoms with Crippen molar-refractivity contribution in [3.05, 3.63) is 57.4 Å². The number of nitrogens with zero attached hydrogens (tertiary/aromatic N) is 2. The van der Waals surface area contributed by atoms with E-state index in [-0.39, 0.29) is 33.1 Å². The SMILES string of the molecule is O=C1CCc2cc(OC3CN([N-]c4ccc(Cl)c(Cl)c4)C3)ccc2N1.[W]. The van der Waals surface area contributed by atoms with Crippen molar-refractivity contribution in [1.29, 1.82) is 0 Å². The maximum absolute atomic E-state index is 11.4. The van der Waals surface area contributed by atoms with Crippen molar-refractivity contribution in [1.82, 2.24) is 5.01 Å². The number of carbonyl (C=O) groups is 1. The number of amides is 1. The van der Waals surface area contributed by atoms with Crippen LogP contribution >= 0.6 is 23.2 Å². The number of fused-ring (bicyclic) bond motifs is 1. The Balaban J connectivity index is 0.00000196. The molecule has 4 rings (SSSR count). The number of carbonyl (C=O) groups excluding carboxylic acids is 1. The van der Waals surface area contributed by atoms with Gasteiger partial charge in [-0.3, -0.25) is 4.79 Å². The van der Waals surface area contributed by atoms with Crippen LogP contribution in [-0.2, 0) is 32.3 Å². The second kappa shape index (κ2) is 8.18. The molecule has 0 aromatic heterocycles. The van der Waals surface area contributed by atoms with E-state index in [1.54, 1.807) is 12.1 Å². The van der Waals surface area contributed by atoms with Crippen molar-refractivity contribution in [2.45, 2.75) is 18.9 Å². The summed E-state index contributed by atoms with van der Waals surface area (Å²) in [5, 5.41) is 5.83. The topological polar surface area (TPSA) is 55.7 Å². The van der Waals surface area contributed by atoms with E-state index >= 15 is 0 Å². The first kappa shape index (κ1) is 19.5. The van der Waals surface area contributed by atoms with Crippen molar-refractivity contribution >= 4 is 40.5 Å². The Bertz CT molecular complexity index is 828. The van der Waals surface area contributed by atoms with Gasteiger partial charge in [-0.1, -0.05) is 35.3 Å². The van der Waals surface area contributed by atoms with Gasteiger partial charge >= 0.3 is 0 Å². The Hall–Kier alpha value is -1.26. The van der Waals surface area contributed by atoms with Crippen molar-refractivity contribution in [2.24, 2.45) is 0 Å². The summed E-state index contributed by atoms with van der Waals surface area (Å²) in [5.74, 6) is 0.897. The van der Waals surface area contributed by atoms with Crippen LogP contribution in [0, 0.1) is 0 Å². The summed E-state index contributed by atoms with van der Waals surface area (Å²) in [4.78, 5) is 11.4. The van der Waals surface area contributed by atoms with E-state index in [0.29, 0.717) is 29.6 Å². The van der Waals surface area contributed by atoms with E-state index in [2.05, 4.69) is 10.7 Å². The Morgan fingerprint density at radius 1 is 1.08 bits per heavy atom. The minimum atomic E-state index is 0. The average molecular weight is 561 g/mol. The molecule has 8 heteroatoms. The van der Waals surface area contributed by atoms with Gasteiger partial charge in [0.1, 0.15) is 11.9 Å². The quantitative estimate of drug-likeness (QED) is 0.596. The molecule has 0 saturated carbocycles. The number of benzene rings is 2. The van der Waals surface area contributed by atoms with Crippen molar-refractivity contribution in [3.8, 4) is 5.75 Å². The molecule has 0 radical (unpaired) electrons. The van der Waals surface area contributed by atoms with Crippen LogP contribution in [-0.4, -0.2) is 30.1 Å². The third kappa shape index (κ3) is 4.34. The molecule has 1 saturated heterocycles. The minimum absolute atomic E-state index is 0. The third-order valence-corrected chi connectivity index (χ3v) is 5.00. The fourth-order valence-electron chi connectivity index (χ4n) is 2.91. The number of aryl methyl sites for hydroxylation is 1. The summed E-state index contributed by atoms with van der Waals surface area (Å²) in [6.07, 6.45) is 1.38. The molecule has 0 atom stereocenters. The number of rotatable bonds is 4. The third-order valence-electron chi connectivity index (χ3n) is 4.26. The molecule has 0 aliphatic carbocycles. The molecule has 5 nitrogen and oxygen atoms in total. The number of hydrogen-bond donors (Lipinski definition) is 1. The molecule has 2 aliphatic rings. The van der Waals surface area contributed by atoms with Gasteiger partial charge in [0, 0.05) is 46.3 Å². The normalized spacial score (nSPS) is 16.8. The van der Waals surface area contributed by atoms with Crippen LogP contribution in [0.5, 0.6) is 5.75 Å². The van der Waals surface area contributed by atoms with Gasteiger partial charge in [0.05, 0.1) is 10.0 Å². The molecule has 0 spiro atoms. The summed E-state index contributed by atoms with van der Waals surface area (Å²) in [6.45, 7) is 1.43. The first-order valence-corrected chi connectivity index (χ1v) is 8.83. The number of ether oxygens (including phenoxy) is 1. The van der Waals surface area contributed by atoms with Crippen LogP contribution in [0.1, 0.15) is 12.0 Å². The van der Waals surface area contributed by atoms with Gasteiger partial charge in [-0.2, -0.15) is 0 Å². The zero-order valence-electron chi connectivity index (χ0n) is 13.7. The average Bonchev–Trinajstić information content (AvgIpc) is 2.56. The number of halogens is 2. The zero-order chi connectivity index (χ0) is 17.4. The second-order valence-corrected chi connectivity index (χ2v) is 6.99. The van der Waals surface area contributed by atoms with Gasteiger partial charge in [-0.05, 0) is 36.2 Å². The van der Waals surface area contributed by atoms with Crippen LogP contribution < -0.4 is 10.1 Å². The van der Waals surface area contributed by atoms with Crippen LogP contribution in [0.4, 0.5) is 11.4 Å². The number of anilines is 1. The monoisotopic (exact) mass is 560 g/mol. The Kier molecular flexibility index (Phi) is 6.13. The Morgan fingerprint density at radius 2 is 1.88 bits per heavy atom. The smallest absolute Gasteiger partial charge is 0.224 e. The standard InChI is InChI=1S/C18H16Cl2N3O2.W/c19-15-4-2-12(8-16(15)20)22-23-9-14(10-23)25-13-3-5-17-11(7-13)1-6-18(24)21-17;/h2-5,7-8,14H,1,6,9-10H2,(H,21,24);/q-1;. The van der Waals surface area contributed by atoms with Crippen LogP contribution in [0.2, 0.25) is 10.0 Å². The second-order valence-electron chi connectivity index (χ2n) is 6.18. The predicted octanol–water partition coefficient (Wildman–Crippen LogP) is 4.56. The fraction of sp³-hybridized carbons (Fsp3) is 0.278. The molecule has 136 valence electrons. The van der Waals surface area contributed by atoms with E-state index in [1.807, 2.05) is 29.3 Å². The molecule has 2 aliphatic heterocycles. The number of hydrogen-bond acceptors (Lipinski definition) is 3. The molecule has 1 amide bonds. The van der Waals surface area contributed by atoms with Crippen molar-refractivity contribution in [2.75, 3.05) is 18.4 Å². The van der Waals surface area contributed by atoms with Gasteiger partial charge in [-0.25, -0.2) is 0 Å². The molecule has 0 unspecified atom stereocenters. The maximum atomic E-state index is 11.4. The zero-order valence-corrected chi connectivity index (χ0v) is 18.2. The van der Waals surface area contributed by atoms with E-state index in [1.165, 1.54) is 0 Å². The van der Waals surface area contributed by atoms with E-state index in [4.69, 9.17) is 27.9 Å². The first-order valence-electron chi connectivity index (χ1n) is 8.08. The molecule has 2 aromatic rings. The summed E-state index contributed by atoms with van der Waals surface area (Å²) < 4.78 is 5.99. The summed E-state index contributed by atoms with van der Waals surface area (Å²) in [5.41, 5.74) is 7.28. The van der Waals surface area contributed by atoms with Crippen LogP contribution in [0.25, 0.3) is 5.43 Å². The molecule has 1 fully saturated rings. The molecular weight excluding hydrogens is 545 g/mol. The van der Waals surface area contributed by atoms with Gasteiger partial charge in [-0.15, -0.1) is 5.69 Å². The molecular formula is C18H16Cl2N3O2W-. The molecule has 1 N–H and O–H groups in total.